The van der Waals surface area contributed by atoms with Crippen molar-refractivity contribution in [2.24, 2.45) is 10.2 Å². The molecule has 0 spiro atoms. The molecule has 0 unspecified atom stereocenters. The number of nitrogens with zero attached hydrogens (tertiary/aromatic N) is 2. The Morgan fingerprint density at radius 2 is 1.36 bits per heavy atom. The van der Waals surface area contributed by atoms with Gasteiger partial charge in [0.2, 0.25) is 0 Å². The molecule has 0 aliphatic carbocycles. The van der Waals surface area contributed by atoms with Gasteiger partial charge in [-0.05, 0) is 29.7 Å². The van der Waals surface area contributed by atoms with Crippen LogP contribution < -0.4 is 0 Å². The SMILES string of the molecule is CN=Nc1cc2c(S(=O)(=O)O)cc(S(O)(O)O)cc2cc1S(=O)(=O)O. The van der Waals surface area contributed by atoms with Crippen molar-refractivity contribution in [3.63, 3.8) is 0 Å². The van der Waals surface area contributed by atoms with Crippen LogP contribution in [0.5, 0.6) is 0 Å². The Morgan fingerprint density at radius 3 is 1.80 bits per heavy atom. The van der Waals surface area contributed by atoms with Gasteiger partial charge in [-0.1, -0.05) is 0 Å². The van der Waals surface area contributed by atoms with Gasteiger partial charge in [-0.25, -0.2) is 0 Å². The third-order valence-electron chi connectivity index (χ3n) is 3.05. The van der Waals surface area contributed by atoms with Crippen LogP contribution in [0.15, 0.2) is 49.2 Å². The third kappa shape index (κ3) is 4.13. The summed E-state index contributed by atoms with van der Waals surface area (Å²) in [6.07, 6.45) is 0. The maximum atomic E-state index is 11.6. The molecule has 0 heterocycles. The first-order valence-electron chi connectivity index (χ1n) is 6.12. The summed E-state index contributed by atoms with van der Waals surface area (Å²) in [5, 5.41) is 6.36. The van der Waals surface area contributed by atoms with Crippen LogP contribution in [0, 0.1) is 0 Å². The molecular weight excluding hydrogens is 400 g/mol. The van der Waals surface area contributed by atoms with E-state index in [0.29, 0.717) is 6.07 Å². The van der Waals surface area contributed by atoms with Crippen LogP contribution in [-0.4, -0.2) is 46.6 Å². The van der Waals surface area contributed by atoms with E-state index in [1.54, 1.807) is 0 Å². The molecule has 0 saturated carbocycles. The fraction of sp³-hybridized carbons (Fsp3) is 0.0909. The van der Waals surface area contributed by atoms with Gasteiger partial charge in [-0.2, -0.15) is 27.1 Å². The van der Waals surface area contributed by atoms with Gasteiger partial charge >= 0.3 is 0 Å². The maximum absolute atomic E-state index is 11.6. The van der Waals surface area contributed by atoms with Crippen LogP contribution >= 0.6 is 10.9 Å². The third-order valence-corrected chi connectivity index (χ3v) is 5.69. The molecule has 2 aromatic carbocycles. The van der Waals surface area contributed by atoms with E-state index in [9.17, 15) is 39.6 Å². The fourth-order valence-corrected chi connectivity index (χ4v) is 4.09. The molecule has 0 aliphatic heterocycles. The summed E-state index contributed by atoms with van der Waals surface area (Å²) in [7, 11) is -12.9. The van der Waals surface area contributed by atoms with E-state index in [1.807, 2.05) is 0 Å². The highest BCUT2D eigenvalue weighted by atomic mass is 32.3. The van der Waals surface area contributed by atoms with Crippen molar-refractivity contribution in [1.82, 2.24) is 0 Å². The minimum atomic E-state index is -4.90. The fourth-order valence-electron chi connectivity index (χ4n) is 2.08. The van der Waals surface area contributed by atoms with Gasteiger partial charge in [0, 0.05) is 12.4 Å². The van der Waals surface area contributed by atoms with E-state index < -0.39 is 51.5 Å². The van der Waals surface area contributed by atoms with Crippen LogP contribution in [0.3, 0.4) is 0 Å². The van der Waals surface area contributed by atoms with Crippen molar-refractivity contribution in [1.29, 1.82) is 0 Å². The Bertz CT molecular complexity index is 1090. The summed E-state index contributed by atoms with van der Waals surface area (Å²) in [6, 6.07) is 3.22. The number of rotatable bonds is 4. The van der Waals surface area contributed by atoms with Gasteiger partial charge in [-0.15, -0.1) is 0 Å². The summed E-state index contributed by atoms with van der Waals surface area (Å²) in [4.78, 5) is -2.25. The van der Waals surface area contributed by atoms with Gasteiger partial charge in [0.1, 0.15) is 26.3 Å². The van der Waals surface area contributed by atoms with E-state index >= 15 is 0 Å². The molecule has 0 aliphatic rings. The van der Waals surface area contributed by atoms with Crippen molar-refractivity contribution in [3.05, 3.63) is 24.3 Å². The van der Waals surface area contributed by atoms with Crippen molar-refractivity contribution >= 4 is 47.6 Å². The summed E-state index contributed by atoms with van der Waals surface area (Å²) in [6.45, 7) is 0. The molecule has 0 amide bonds. The van der Waals surface area contributed by atoms with Crippen molar-refractivity contribution in [3.8, 4) is 0 Å². The second-order valence-corrected chi connectivity index (χ2v) is 9.02. The maximum Gasteiger partial charge on any atom is 0.296 e. The molecule has 0 radical (unpaired) electrons. The topological polar surface area (TPSA) is 194 Å². The molecule has 14 heteroatoms. The Balaban J connectivity index is 3.08. The number of azo groups is 1. The molecule has 0 atom stereocenters. The number of hydrogen-bond donors (Lipinski definition) is 5. The van der Waals surface area contributed by atoms with Crippen molar-refractivity contribution in [2.75, 3.05) is 7.05 Å². The lowest BCUT2D eigenvalue weighted by Crippen LogP contribution is -2.04. The van der Waals surface area contributed by atoms with Crippen LogP contribution in [0.4, 0.5) is 5.69 Å². The molecular formula is C11H12N2O9S3. The zero-order valence-corrected chi connectivity index (χ0v) is 14.7. The lowest BCUT2D eigenvalue weighted by atomic mass is 10.1. The number of benzene rings is 2. The zero-order valence-electron chi connectivity index (χ0n) is 12.3. The van der Waals surface area contributed by atoms with E-state index in [1.165, 1.54) is 7.05 Å². The van der Waals surface area contributed by atoms with Crippen molar-refractivity contribution in [2.45, 2.75) is 14.7 Å². The molecule has 2 rings (SSSR count). The minimum absolute atomic E-state index is 0.234. The number of fused-ring (bicyclic) bond motifs is 1. The van der Waals surface area contributed by atoms with E-state index in [4.69, 9.17) is 0 Å². The summed E-state index contributed by atoms with van der Waals surface area (Å²) < 4.78 is 92.7. The molecule has 0 saturated heterocycles. The quantitative estimate of drug-likeness (QED) is 0.370. The van der Waals surface area contributed by atoms with E-state index in [0.717, 1.165) is 18.2 Å². The highest BCUT2D eigenvalue weighted by molar-refractivity contribution is 8.19. The second kappa shape index (κ2) is 6.26. The average Bonchev–Trinajstić information content (AvgIpc) is 2.42. The smallest absolute Gasteiger partial charge is 0.296 e. The van der Waals surface area contributed by atoms with Crippen LogP contribution in [-0.2, 0) is 20.2 Å². The normalized spacial score (nSPS) is 14.3. The predicted molar refractivity (Wildman–Crippen MR) is 87.8 cm³/mol. The van der Waals surface area contributed by atoms with Crippen LogP contribution in [0.25, 0.3) is 10.8 Å². The van der Waals surface area contributed by atoms with Gasteiger partial charge in [0.15, 0.2) is 0 Å². The Kier molecular flexibility index (Phi) is 4.92. The molecule has 2 aromatic rings. The summed E-state index contributed by atoms with van der Waals surface area (Å²) in [5.74, 6) is 0. The first kappa shape index (κ1) is 19.7. The van der Waals surface area contributed by atoms with Gasteiger partial charge in [-0.3, -0.25) is 9.11 Å². The molecule has 11 nitrogen and oxygen atoms in total. The Labute approximate surface area is 143 Å². The zero-order chi connectivity index (χ0) is 19.2. The van der Waals surface area contributed by atoms with Crippen LogP contribution in [0.2, 0.25) is 0 Å². The summed E-state index contributed by atoms with van der Waals surface area (Å²) in [5.41, 5.74) is -0.411. The highest BCUT2D eigenvalue weighted by Gasteiger charge is 2.25. The molecule has 0 fully saturated rings. The molecule has 0 bridgehead atoms. The minimum Gasteiger partial charge on any atom is -0.304 e. The lowest BCUT2D eigenvalue weighted by molar-refractivity contribution is 0.376. The average molecular weight is 412 g/mol. The van der Waals surface area contributed by atoms with E-state index in [2.05, 4.69) is 10.2 Å². The lowest BCUT2D eigenvalue weighted by Gasteiger charge is -2.20. The molecule has 138 valence electrons. The number of hydrogen-bond acceptors (Lipinski definition) is 9. The van der Waals surface area contributed by atoms with Crippen molar-refractivity contribution < 1.29 is 39.6 Å². The van der Waals surface area contributed by atoms with Gasteiger partial charge in [0.05, 0.1) is 4.90 Å². The van der Waals surface area contributed by atoms with Gasteiger partial charge < -0.3 is 13.7 Å². The predicted octanol–water partition coefficient (Wildman–Crippen LogP) is 2.63. The summed E-state index contributed by atoms with van der Waals surface area (Å²) >= 11 is 0. The monoisotopic (exact) mass is 412 g/mol. The molecule has 25 heavy (non-hydrogen) atoms. The standard InChI is InChI=1S/C11H12N2O9S3/c1-12-13-9-5-8-6(3-11(9)25(20,21)22)2-7(23(14,15)16)4-10(8)24(17,18)19/h2-5,14-16H,1H3,(H,17,18,19)(H,20,21,22). The Morgan fingerprint density at radius 1 is 0.800 bits per heavy atom. The molecule has 0 aromatic heterocycles. The largest absolute Gasteiger partial charge is 0.304 e. The second-order valence-electron chi connectivity index (χ2n) is 4.73. The van der Waals surface area contributed by atoms with Crippen LogP contribution in [0.1, 0.15) is 0 Å². The Hall–Kier alpha value is -1.65. The molecule has 5 N–H and O–H groups in total. The highest BCUT2D eigenvalue weighted by Crippen LogP contribution is 2.46. The van der Waals surface area contributed by atoms with Gasteiger partial charge in [0.25, 0.3) is 20.2 Å². The first-order valence-corrected chi connectivity index (χ1v) is 10.5. The van der Waals surface area contributed by atoms with E-state index in [-0.39, 0.29) is 10.8 Å². The first-order chi connectivity index (χ1) is 11.2.